The van der Waals surface area contributed by atoms with Gasteiger partial charge in [0.15, 0.2) is 13.0 Å². The zero-order valence-electron chi connectivity index (χ0n) is 15.2. The second-order valence-electron chi connectivity index (χ2n) is 5.34. The number of nitrogens with zero attached hydrogens (tertiary/aromatic N) is 3. The van der Waals surface area contributed by atoms with Gasteiger partial charge in [0, 0.05) is 18.2 Å². The summed E-state index contributed by atoms with van der Waals surface area (Å²) in [5.41, 5.74) is -0.365. The maximum Gasteiger partial charge on any atom is 0.423 e. The van der Waals surface area contributed by atoms with Gasteiger partial charge < -0.3 is 9.64 Å². The summed E-state index contributed by atoms with van der Waals surface area (Å²) in [5.74, 6) is -1.82. The molecule has 0 heterocycles. The first-order chi connectivity index (χ1) is 13.2. The molecule has 1 rings (SSSR count). The Balaban J connectivity index is 3.27. The van der Waals surface area contributed by atoms with Gasteiger partial charge in [-0.3, -0.25) is 24.0 Å². The SMILES string of the molecule is CCOC(=O)N(C=O)C(=O)c1cc(C=O)c(C(=O)N(C)CO[N+](=O)[O-])cc1C. The van der Waals surface area contributed by atoms with E-state index in [9.17, 15) is 34.1 Å². The number of benzene rings is 1. The van der Waals surface area contributed by atoms with Crippen LogP contribution in [0.4, 0.5) is 4.79 Å². The van der Waals surface area contributed by atoms with E-state index in [1.807, 2.05) is 0 Å². The van der Waals surface area contributed by atoms with Crippen molar-refractivity contribution >= 4 is 30.6 Å². The monoisotopic (exact) mass is 395 g/mol. The van der Waals surface area contributed by atoms with Crippen LogP contribution < -0.4 is 0 Å². The van der Waals surface area contributed by atoms with E-state index in [0.717, 1.165) is 11.0 Å². The minimum Gasteiger partial charge on any atom is -0.449 e. The number of ether oxygens (including phenoxy) is 1. The molecule has 0 bridgehead atoms. The average Bonchev–Trinajstić information content (AvgIpc) is 2.65. The summed E-state index contributed by atoms with van der Waals surface area (Å²) in [5, 5.41) is 9.15. The molecule has 12 nitrogen and oxygen atoms in total. The van der Waals surface area contributed by atoms with E-state index in [1.54, 1.807) is 0 Å². The summed E-state index contributed by atoms with van der Waals surface area (Å²) in [6.45, 7) is 2.16. The highest BCUT2D eigenvalue weighted by Gasteiger charge is 2.27. The number of carbonyl (C=O) groups is 5. The largest absolute Gasteiger partial charge is 0.449 e. The van der Waals surface area contributed by atoms with Gasteiger partial charge in [-0.25, -0.2) is 4.79 Å². The van der Waals surface area contributed by atoms with Crippen LogP contribution in [0.1, 0.15) is 43.6 Å². The standard InChI is InChI=1S/C16H17N3O9/c1-4-27-16(24)18(8-21)15(23)12-6-11(7-20)13(5-10(12)2)14(22)17(3)9-28-19(25)26/h5-8H,4,9H2,1-3H3. The lowest BCUT2D eigenvalue weighted by molar-refractivity contribution is -0.761. The third-order valence-corrected chi connectivity index (χ3v) is 3.48. The number of aryl methyl sites for hydroxylation is 1. The van der Waals surface area contributed by atoms with Crippen molar-refractivity contribution in [2.75, 3.05) is 20.4 Å². The van der Waals surface area contributed by atoms with Crippen LogP contribution in [0.15, 0.2) is 12.1 Å². The molecular weight excluding hydrogens is 378 g/mol. The average molecular weight is 395 g/mol. The van der Waals surface area contributed by atoms with Crippen molar-refractivity contribution in [1.82, 2.24) is 9.80 Å². The Morgan fingerprint density at radius 1 is 1.18 bits per heavy atom. The van der Waals surface area contributed by atoms with Crippen LogP contribution in [0.3, 0.4) is 0 Å². The number of hydrogen-bond acceptors (Lipinski definition) is 9. The molecule has 28 heavy (non-hydrogen) atoms. The first kappa shape index (κ1) is 22.2. The molecule has 150 valence electrons. The van der Waals surface area contributed by atoms with E-state index < -0.39 is 29.7 Å². The number of carbonyl (C=O) groups excluding carboxylic acids is 5. The van der Waals surface area contributed by atoms with E-state index in [0.29, 0.717) is 6.29 Å². The van der Waals surface area contributed by atoms with Gasteiger partial charge in [0.25, 0.3) is 16.9 Å². The van der Waals surface area contributed by atoms with Crippen LogP contribution in [0.25, 0.3) is 0 Å². The highest BCUT2D eigenvalue weighted by molar-refractivity contribution is 6.12. The van der Waals surface area contributed by atoms with Crippen molar-refractivity contribution in [1.29, 1.82) is 0 Å². The predicted octanol–water partition coefficient (Wildman–Crippen LogP) is 0.800. The predicted molar refractivity (Wildman–Crippen MR) is 90.9 cm³/mol. The Morgan fingerprint density at radius 3 is 2.32 bits per heavy atom. The summed E-state index contributed by atoms with van der Waals surface area (Å²) in [7, 11) is 1.21. The van der Waals surface area contributed by atoms with Crippen molar-refractivity contribution < 1.29 is 38.6 Å². The quantitative estimate of drug-likeness (QED) is 0.269. The van der Waals surface area contributed by atoms with E-state index in [2.05, 4.69) is 9.57 Å². The van der Waals surface area contributed by atoms with Crippen molar-refractivity contribution in [2.24, 2.45) is 0 Å². The molecule has 1 aromatic carbocycles. The Hall–Kier alpha value is -3.83. The molecule has 12 heteroatoms. The molecular formula is C16H17N3O9. The minimum absolute atomic E-state index is 0.0257. The molecule has 0 aromatic heterocycles. The molecule has 0 saturated heterocycles. The summed E-state index contributed by atoms with van der Waals surface area (Å²) < 4.78 is 4.61. The molecule has 0 spiro atoms. The maximum atomic E-state index is 12.5. The Labute approximate surface area is 158 Å². The van der Waals surface area contributed by atoms with Crippen LogP contribution in [0, 0.1) is 17.0 Å². The number of imide groups is 3. The van der Waals surface area contributed by atoms with Crippen LogP contribution in [-0.4, -0.2) is 65.9 Å². The lowest BCUT2D eigenvalue weighted by atomic mass is 9.98. The third kappa shape index (κ3) is 5.09. The Morgan fingerprint density at radius 2 is 1.82 bits per heavy atom. The van der Waals surface area contributed by atoms with Gasteiger partial charge in [-0.2, -0.15) is 4.90 Å². The molecule has 4 amide bonds. The highest BCUT2D eigenvalue weighted by Crippen LogP contribution is 2.19. The molecule has 0 aliphatic rings. The molecule has 0 fully saturated rings. The Kier molecular flexibility index (Phi) is 7.74. The molecule has 1 aromatic rings. The van der Waals surface area contributed by atoms with Gasteiger partial charge in [-0.05, 0) is 31.5 Å². The summed E-state index contributed by atoms with van der Waals surface area (Å²) >= 11 is 0. The van der Waals surface area contributed by atoms with Crippen molar-refractivity contribution in [2.45, 2.75) is 13.8 Å². The molecule has 0 N–H and O–H groups in total. The fourth-order valence-electron chi connectivity index (χ4n) is 2.13. The zero-order chi connectivity index (χ0) is 21.4. The van der Waals surface area contributed by atoms with Gasteiger partial charge in [-0.15, -0.1) is 10.1 Å². The molecule has 0 aliphatic carbocycles. The second kappa shape index (κ2) is 9.75. The first-order valence-electron chi connectivity index (χ1n) is 7.76. The maximum absolute atomic E-state index is 12.5. The number of rotatable bonds is 8. The van der Waals surface area contributed by atoms with Crippen molar-refractivity contribution in [3.05, 3.63) is 44.5 Å². The molecule has 0 saturated carbocycles. The number of amides is 4. The summed E-state index contributed by atoms with van der Waals surface area (Å²) in [6.07, 6.45) is -0.921. The van der Waals surface area contributed by atoms with Gasteiger partial charge in [0.05, 0.1) is 12.2 Å². The van der Waals surface area contributed by atoms with Crippen LogP contribution in [0.2, 0.25) is 0 Å². The van der Waals surface area contributed by atoms with Gasteiger partial charge >= 0.3 is 6.09 Å². The molecule has 0 aliphatic heterocycles. The lowest BCUT2D eigenvalue weighted by Crippen LogP contribution is -2.37. The van der Waals surface area contributed by atoms with E-state index in [1.165, 1.54) is 27.0 Å². The zero-order valence-corrected chi connectivity index (χ0v) is 15.2. The fourth-order valence-corrected chi connectivity index (χ4v) is 2.13. The van der Waals surface area contributed by atoms with Gasteiger partial charge in [0.2, 0.25) is 6.41 Å². The topological polar surface area (TPSA) is 153 Å². The van der Waals surface area contributed by atoms with Crippen molar-refractivity contribution in [3.63, 3.8) is 0 Å². The third-order valence-electron chi connectivity index (χ3n) is 3.48. The number of aldehydes is 1. The second-order valence-corrected chi connectivity index (χ2v) is 5.34. The van der Waals surface area contributed by atoms with E-state index in [-0.39, 0.29) is 40.2 Å². The smallest absolute Gasteiger partial charge is 0.423 e. The number of hydrogen-bond donors (Lipinski definition) is 0. The summed E-state index contributed by atoms with van der Waals surface area (Å²) in [4.78, 5) is 74.4. The fraction of sp³-hybridized carbons (Fsp3) is 0.312. The first-order valence-corrected chi connectivity index (χ1v) is 7.76. The van der Waals surface area contributed by atoms with Gasteiger partial charge in [-0.1, -0.05) is 0 Å². The minimum atomic E-state index is -1.19. The summed E-state index contributed by atoms with van der Waals surface area (Å²) in [6, 6.07) is 2.23. The van der Waals surface area contributed by atoms with Crippen LogP contribution >= 0.6 is 0 Å². The van der Waals surface area contributed by atoms with Crippen LogP contribution in [0.5, 0.6) is 0 Å². The molecule has 0 atom stereocenters. The normalized spacial score (nSPS) is 9.82. The van der Waals surface area contributed by atoms with E-state index in [4.69, 9.17) is 0 Å². The van der Waals surface area contributed by atoms with Crippen LogP contribution in [-0.2, 0) is 14.4 Å². The lowest BCUT2D eigenvalue weighted by Gasteiger charge is -2.19. The molecule has 0 radical (unpaired) electrons. The van der Waals surface area contributed by atoms with E-state index >= 15 is 0 Å². The van der Waals surface area contributed by atoms with Crippen molar-refractivity contribution in [3.8, 4) is 0 Å². The highest BCUT2D eigenvalue weighted by atomic mass is 17.0. The Bertz CT molecular complexity index is 822. The molecule has 0 unspecified atom stereocenters. The van der Waals surface area contributed by atoms with Gasteiger partial charge in [0.1, 0.15) is 0 Å².